The Bertz CT molecular complexity index is 1860. The minimum absolute atomic E-state index is 0.0431. The van der Waals surface area contributed by atoms with E-state index in [-0.39, 0.29) is 36.4 Å². The Morgan fingerprint density at radius 2 is 1.39 bits per heavy atom. The van der Waals surface area contributed by atoms with Crippen molar-refractivity contribution in [3.05, 3.63) is 23.8 Å². The maximum absolute atomic E-state index is 15.2. The van der Waals surface area contributed by atoms with Gasteiger partial charge >= 0.3 is 0 Å². The number of carbonyl (C=O) groups is 6. The standard InChI is InChI=1S/C44H74N12O6/c1-11-30(6)37-39(60)38(59)36(29(4)5)50-40(61)34(24-28(2)3)49-41(62)44(20-12-16-32-25-47-53-55(32)22-14-18-42(8,31(7)57)52-51-37)21-13-17-33-26-48-54-56(33)23-15-19-43(9,45-10)35(58)27-46-44/h25-26,28-30,34,36-37,45-46,51-52H,11-24,27H2,1-10H3,(H,49,62)(H,50,61)/t30-,34-,36-,37-,42-,43+,44+/m0/s1. The van der Waals surface area contributed by atoms with Crippen molar-refractivity contribution in [3.8, 4) is 0 Å². The van der Waals surface area contributed by atoms with Crippen LogP contribution in [0, 0.1) is 17.8 Å². The van der Waals surface area contributed by atoms with Crippen LogP contribution in [-0.4, -0.2) is 113 Å². The highest BCUT2D eigenvalue weighted by Crippen LogP contribution is 2.27. The number of likely N-dealkylation sites (N-methyl/N-ethyl adjacent to an activating group) is 1. The summed E-state index contributed by atoms with van der Waals surface area (Å²) >= 11 is 0. The summed E-state index contributed by atoms with van der Waals surface area (Å²) in [6.07, 6.45) is 9.15. The van der Waals surface area contributed by atoms with Crippen molar-refractivity contribution < 1.29 is 28.8 Å². The molecule has 4 heterocycles. The van der Waals surface area contributed by atoms with Crippen molar-refractivity contribution in [3.63, 3.8) is 0 Å². The third-order valence-corrected chi connectivity index (χ3v) is 13.3. The highest BCUT2D eigenvalue weighted by atomic mass is 16.2. The summed E-state index contributed by atoms with van der Waals surface area (Å²) in [5.41, 5.74) is 4.68. The Kier molecular flexibility index (Phi) is 18.2. The van der Waals surface area contributed by atoms with Crippen molar-refractivity contribution in [2.45, 2.75) is 187 Å². The first-order valence-corrected chi connectivity index (χ1v) is 22.7. The van der Waals surface area contributed by atoms with Gasteiger partial charge in [0.25, 0.3) is 0 Å². The van der Waals surface area contributed by atoms with E-state index in [1.165, 1.54) is 6.92 Å². The molecule has 18 heteroatoms. The predicted molar refractivity (Wildman–Crippen MR) is 234 cm³/mol. The smallest absolute Gasteiger partial charge is 0.243 e. The number of rotatable bonds is 7. The van der Waals surface area contributed by atoms with Gasteiger partial charge in [-0.1, -0.05) is 58.4 Å². The molecular weight excluding hydrogens is 793 g/mol. The van der Waals surface area contributed by atoms with Gasteiger partial charge in [-0.05, 0) is 116 Å². The van der Waals surface area contributed by atoms with Gasteiger partial charge in [0.15, 0.2) is 11.6 Å². The number of nitrogens with one attached hydrogen (secondary N) is 6. The molecule has 0 bridgehead atoms. The van der Waals surface area contributed by atoms with E-state index in [9.17, 15) is 24.0 Å². The second-order valence-electron chi connectivity index (χ2n) is 18.9. The monoisotopic (exact) mass is 867 g/mol. The molecule has 2 aliphatic heterocycles. The molecule has 4 rings (SSSR count). The first-order chi connectivity index (χ1) is 29.3. The summed E-state index contributed by atoms with van der Waals surface area (Å²) in [5.74, 6) is -3.59. The summed E-state index contributed by atoms with van der Waals surface area (Å²) in [5, 5.41) is 29.7. The van der Waals surface area contributed by atoms with Gasteiger partial charge < -0.3 is 16.0 Å². The molecule has 18 nitrogen and oxygen atoms in total. The number of hydrogen-bond donors (Lipinski definition) is 6. The lowest BCUT2D eigenvalue weighted by Gasteiger charge is -2.37. The Labute approximate surface area is 367 Å². The highest BCUT2D eigenvalue weighted by molar-refractivity contribution is 6.41. The fraction of sp³-hybridized carbons (Fsp3) is 0.773. The molecule has 7 atom stereocenters. The number of ketones is 4. The van der Waals surface area contributed by atoms with E-state index in [1.54, 1.807) is 44.9 Å². The van der Waals surface area contributed by atoms with Gasteiger partial charge in [0.1, 0.15) is 6.04 Å². The van der Waals surface area contributed by atoms with E-state index < -0.39 is 64.0 Å². The molecule has 2 aromatic heterocycles. The topological polar surface area (TPSA) is 236 Å². The zero-order chi connectivity index (χ0) is 45.8. The summed E-state index contributed by atoms with van der Waals surface area (Å²) in [4.78, 5) is 85.3. The number of nitrogens with zero attached hydrogens (tertiary/aromatic N) is 6. The van der Waals surface area contributed by atoms with E-state index >= 15 is 4.79 Å². The zero-order valence-electron chi connectivity index (χ0n) is 38.9. The maximum atomic E-state index is 15.2. The van der Waals surface area contributed by atoms with Crippen LogP contribution in [-0.2, 0) is 54.7 Å². The molecule has 2 aromatic rings. The quantitative estimate of drug-likeness (QED) is 0.219. The minimum atomic E-state index is -1.31. The molecule has 0 unspecified atom stereocenters. The van der Waals surface area contributed by atoms with Gasteiger partial charge in [0.05, 0.1) is 59.0 Å². The molecule has 1 spiro atoms. The molecule has 346 valence electrons. The molecule has 6 N–H and O–H groups in total. The molecule has 0 aliphatic carbocycles. The zero-order valence-corrected chi connectivity index (χ0v) is 38.9. The molecule has 2 amide bonds. The Morgan fingerprint density at radius 1 is 0.823 bits per heavy atom. The van der Waals surface area contributed by atoms with E-state index in [0.29, 0.717) is 83.7 Å². The van der Waals surface area contributed by atoms with E-state index in [2.05, 4.69) is 52.7 Å². The second kappa shape index (κ2) is 22.4. The minimum Gasteiger partial charge on any atom is -0.344 e. The van der Waals surface area contributed by atoms with Gasteiger partial charge in [-0.25, -0.2) is 20.2 Å². The van der Waals surface area contributed by atoms with Crippen LogP contribution in [0.15, 0.2) is 12.4 Å². The predicted octanol–water partition coefficient (Wildman–Crippen LogP) is 2.34. The number of carbonyl (C=O) groups excluding carboxylic acids is 6. The van der Waals surface area contributed by atoms with Gasteiger partial charge in [-0.15, -0.1) is 10.2 Å². The Morgan fingerprint density at radius 3 is 1.90 bits per heavy atom. The van der Waals surface area contributed by atoms with Crippen molar-refractivity contribution in [1.29, 1.82) is 0 Å². The average Bonchev–Trinajstić information content (AvgIpc) is 3.88. The van der Waals surface area contributed by atoms with Crippen molar-refractivity contribution in [1.82, 2.24) is 62.1 Å². The second-order valence-corrected chi connectivity index (χ2v) is 18.9. The summed E-state index contributed by atoms with van der Waals surface area (Å²) in [6.45, 7) is 17.2. The number of Topliss-reactive ketones (excluding diaryl/α,β-unsaturated/α-hetero) is 4. The van der Waals surface area contributed by atoms with E-state index in [1.807, 2.05) is 39.3 Å². The van der Waals surface area contributed by atoms with Crippen LogP contribution in [0.5, 0.6) is 0 Å². The summed E-state index contributed by atoms with van der Waals surface area (Å²) < 4.78 is 3.66. The lowest BCUT2D eigenvalue weighted by Crippen LogP contribution is -2.64. The molecule has 0 radical (unpaired) electrons. The van der Waals surface area contributed by atoms with Crippen LogP contribution < -0.4 is 32.1 Å². The van der Waals surface area contributed by atoms with Crippen molar-refractivity contribution in [2.75, 3.05) is 13.6 Å². The number of amides is 2. The average molecular weight is 867 g/mol. The first-order valence-electron chi connectivity index (χ1n) is 22.7. The van der Waals surface area contributed by atoms with Crippen LogP contribution in [0.25, 0.3) is 0 Å². The fourth-order valence-corrected chi connectivity index (χ4v) is 8.45. The largest absolute Gasteiger partial charge is 0.344 e. The highest BCUT2D eigenvalue weighted by Gasteiger charge is 2.43. The first kappa shape index (κ1) is 50.4. The van der Waals surface area contributed by atoms with Crippen molar-refractivity contribution >= 4 is 34.9 Å². The summed E-state index contributed by atoms with van der Waals surface area (Å²) in [6, 6.07) is -3.25. The summed E-state index contributed by atoms with van der Waals surface area (Å²) in [7, 11) is 1.76. The molecule has 0 saturated heterocycles. The fourth-order valence-electron chi connectivity index (χ4n) is 8.45. The number of aryl methyl sites for hydroxylation is 4. The number of aromatic nitrogens is 6. The Balaban J connectivity index is 1.82. The van der Waals surface area contributed by atoms with Gasteiger partial charge in [-0.2, -0.15) is 0 Å². The van der Waals surface area contributed by atoms with Crippen LogP contribution >= 0.6 is 0 Å². The van der Waals surface area contributed by atoms with Crippen LogP contribution in [0.2, 0.25) is 0 Å². The van der Waals surface area contributed by atoms with Gasteiger partial charge in [-0.3, -0.25) is 34.1 Å². The van der Waals surface area contributed by atoms with E-state index in [4.69, 9.17) is 0 Å². The molecule has 62 heavy (non-hydrogen) atoms. The SMILES string of the molecule is CC[C@H](C)[C@@H]1NN[C@](C)(C(C)=O)CCCn2nncc2CCC[C@@]2(CCCc3cnnn3CCC[C@@](C)(NC)C(=O)CN2)C(=O)N[C@@H](CC(C)C)C(=O)N[C@@H](C(C)C)C(=O)C1=O. The van der Waals surface area contributed by atoms with Crippen molar-refractivity contribution in [2.24, 2.45) is 17.8 Å². The third kappa shape index (κ3) is 12.7. The van der Waals surface area contributed by atoms with E-state index in [0.717, 1.165) is 11.4 Å². The Hall–Kier alpha value is -4.26. The van der Waals surface area contributed by atoms with Crippen LogP contribution in [0.3, 0.4) is 0 Å². The maximum Gasteiger partial charge on any atom is 0.243 e. The van der Waals surface area contributed by atoms with Gasteiger partial charge in [0.2, 0.25) is 23.4 Å². The lowest BCUT2D eigenvalue weighted by atomic mass is 9.83. The number of fused-ring (bicyclic) bond motifs is 2. The van der Waals surface area contributed by atoms with Crippen LogP contribution in [0.1, 0.15) is 138 Å². The third-order valence-electron chi connectivity index (χ3n) is 13.3. The number of hydrazine groups is 1. The molecule has 2 aliphatic rings. The molecule has 0 saturated carbocycles. The normalized spacial score (nSPS) is 29.4. The molecular formula is C44H74N12O6. The van der Waals surface area contributed by atoms with Gasteiger partial charge in [0, 0.05) is 13.1 Å². The lowest BCUT2D eigenvalue weighted by molar-refractivity contribution is -0.142. The number of hydrogen-bond acceptors (Lipinski definition) is 14. The van der Waals surface area contributed by atoms with Crippen LogP contribution in [0.4, 0.5) is 0 Å². The molecule has 0 fully saturated rings. The molecule has 0 aromatic carbocycles.